The average molecular weight is 266 g/mol. The minimum absolute atomic E-state index is 0.195. The van der Waals surface area contributed by atoms with Crippen molar-refractivity contribution in [2.45, 2.75) is 0 Å². The molecule has 0 aliphatic rings. The Morgan fingerprint density at radius 2 is 2.00 bits per heavy atom. The van der Waals surface area contributed by atoms with Crippen molar-refractivity contribution >= 4 is 46.1 Å². The molecule has 2 nitrogen and oxygen atoms in total. The fourth-order valence-corrected chi connectivity index (χ4v) is 2.63. The zero-order valence-electron chi connectivity index (χ0n) is 6.67. The van der Waals surface area contributed by atoms with Crippen LogP contribution in [0.15, 0.2) is 18.3 Å². The molecule has 2 rings (SSSR count). The SMILES string of the molecule is Clc1nccc(-c2cc(Cl)sc2Cl)n1. The van der Waals surface area contributed by atoms with Gasteiger partial charge in [0.25, 0.3) is 0 Å². The van der Waals surface area contributed by atoms with Gasteiger partial charge in [0.05, 0.1) is 10.0 Å². The largest absolute Gasteiger partial charge is 0.226 e. The lowest BCUT2D eigenvalue weighted by atomic mass is 10.2. The van der Waals surface area contributed by atoms with Crippen LogP contribution in [0.1, 0.15) is 0 Å². The number of aromatic nitrogens is 2. The van der Waals surface area contributed by atoms with Gasteiger partial charge in [0.1, 0.15) is 4.34 Å². The molecule has 0 aliphatic carbocycles. The minimum atomic E-state index is 0.195. The van der Waals surface area contributed by atoms with Crippen LogP contribution in [0.25, 0.3) is 11.3 Å². The minimum Gasteiger partial charge on any atom is -0.226 e. The first kappa shape index (κ1) is 10.2. The summed E-state index contributed by atoms with van der Waals surface area (Å²) in [6.45, 7) is 0. The van der Waals surface area contributed by atoms with Crippen molar-refractivity contribution < 1.29 is 0 Å². The van der Waals surface area contributed by atoms with Gasteiger partial charge in [0.2, 0.25) is 5.28 Å². The van der Waals surface area contributed by atoms with E-state index in [4.69, 9.17) is 34.8 Å². The summed E-state index contributed by atoms with van der Waals surface area (Å²) in [5.74, 6) is 0. The van der Waals surface area contributed by atoms with Crippen LogP contribution < -0.4 is 0 Å². The van der Waals surface area contributed by atoms with Gasteiger partial charge in [-0.25, -0.2) is 9.97 Å². The third-order valence-electron chi connectivity index (χ3n) is 1.56. The second-order valence-electron chi connectivity index (χ2n) is 2.45. The van der Waals surface area contributed by atoms with E-state index in [-0.39, 0.29) is 5.28 Å². The van der Waals surface area contributed by atoms with Gasteiger partial charge < -0.3 is 0 Å². The molecule has 2 aromatic rings. The quantitative estimate of drug-likeness (QED) is 0.723. The Balaban J connectivity index is 2.54. The van der Waals surface area contributed by atoms with Crippen molar-refractivity contribution in [2.75, 3.05) is 0 Å². The summed E-state index contributed by atoms with van der Waals surface area (Å²) in [5, 5.41) is 0.195. The molecule has 2 aromatic heterocycles. The lowest BCUT2D eigenvalue weighted by molar-refractivity contribution is 1.17. The predicted octanol–water partition coefficient (Wildman–Crippen LogP) is 4.17. The Kier molecular flexibility index (Phi) is 2.93. The average Bonchev–Trinajstić information content (AvgIpc) is 2.45. The van der Waals surface area contributed by atoms with Gasteiger partial charge in [-0.3, -0.25) is 0 Å². The van der Waals surface area contributed by atoms with Crippen LogP contribution in [0.5, 0.6) is 0 Å². The highest BCUT2D eigenvalue weighted by atomic mass is 35.5. The summed E-state index contributed by atoms with van der Waals surface area (Å²) in [6.07, 6.45) is 1.58. The summed E-state index contributed by atoms with van der Waals surface area (Å²) < 4.78 is 1.23. The standard InChI is InChI=1S/C8H3Cl3N2S/c9-6-3-4(7(10)14-6)5-1-2-12-8(11)13-5/h1-3H. The first-order valence-corrected chi connectivity index (χ1v) is 5.55. The molecule has 0 aromatic carbocycles. The highest BCUT2D eigenvalue weighted by Crippen LogP contribution is 2.37. The molecule has 6 heteroatoms. The predicted molar refractivity (Wildman–Crippen MR) is 60.4 cm³/mol. The lowest BCUT2D eigenvalue weighted by Gasteiger charge is -1.96. The molecule has 14 heavy (non-hydrogen) atoms. The van der Waals surface area contributed by atoms with Crippen LogP contribution in [-0.4, -0.2) is 9.97 Å². The third-order valence-corrected chi connectivity index (χ3v) is 3.23. The van der Waals surface area contributed by atoms with Crippen molar-refractivity contribution in [3.8, 4) is 11.3 Å². The fourth-order valence-electron chi connectivity index (χ4n) is 1.000. The topological polar surface area (TPSA) is 25.8 Å². The Bertz CT molecular complexity index is 469. The number of hydrogen-bond acceptors (Lipinski definition) is 3. The van der Waals surface area contributed by atoms with E-state index < -0.39 is 0 Å². The number of hydrogen-bond donors (Lipinski definition) is 0. The van der Waals surface area contributed by atoms with E-state index in [9.17, 15) is 0 Å². The van der Waals surface area contributed by atoms with Gasteiger partial charge in [-0.15, -0.1) is 11.3 Å². The molecule has 2 heterocycles. The zero-order valence-corrected chi connectivity index (χ0v) is 9.75. The van der Waals surface area contributed by atoms with Gasteiger partial charge in [-0.2, -0.15) is 0 Å². The molecule has 0 saturated carbocycles. The van der Waals surface area contributed by atoms with Crippen LogP contribution in [0.3, 0.4) is 0 Å². The zero-order chi connectivity index (χ0) is 10.1. The number of rotatable bonds is 1. The van der Waals surface area contributed by atoms with Crippen molar-refractivity contribution in [2.24, 2.45) is 0 Å². The molecule has 0 N–H and O–H groups in total. The van der Waals surface area contributed by atoms with E-state index in [2.05, 4.69) is 9.97 Å². The molecule has 0 unspecified atom stereocenters. The van der Waals surface area contributed by atoms with E-state index in [1.54, 1.807) is 18.3 Å². The molecule has 0 bridgehead atoms. The highest BCUT2D eigenvalue weighted by molar-refractivity contribution is 7.20. The Hall–Kier alpha value is -0.350. The summed E-state index contributed by atoms with van der Waals surface area (Å²) in [6, 6.07) is 3.49. The molecule has 0 radical (unpaired) electrons. The molecule has 0 atom stereocenters. The summed E-state index contributed by atoms with van der Waals surface area (Å²) in [5.41, 5.74) is 1.46. The molecule has 0 spiro atoms. The van der Waals surface area contributed by atoms with Crippen LogP contribution in [0, 0.1) is 0 Å². The smallest absolute Gasteiger partial charge is 0.222 e. The highest BCUT2D eigenvalue weighted by Gasteiger charge is 2.09. The van der Waals surface area contributed by atoms with E-state index in [0.717, 1.165) is 5.56 Å². The second-order valence-corrected chi connectivity index (χ2v) is 5.07. The van der Waals surface area contributed by atoms with Gasteiger partial charge in [0.15, 0.2) is 0 Å². The normalized spacial score (nSPS) is 10.5. The van der Waals surface area contributed by atoms with Crippen molar-refractivity contribution in [3.05, 3.63) is 32.3 Å². The fraction of sp³-hybridized carbons (Fsp3) is 0. The number of nitrogens with zero attached hydrogens (tertiary/aromatic N) is 2. The molecule has 0 amide bonds. The second kappa shape index (κ2) is 4.03. The molecule has 0 aliphatic heterocycles. The number of halogens is 3. The Labute approximate surface area is 99.5 Å². The van der Waals surface area contributed by atoms with Crippen LogP contribution in [-0.2, 0) is 0 Å². The van der Waals surface area contributed by atoms with Gasteiger partial charge >= 0.3 is 0 Å². The monoisotopic (exact) mass is 264 g/mol. The van der Waals surface area contributed by atoms with Gasteiger partial charge in [-0.1, -0.05) is 23.2 Å². The van der Waals surface area contributed by atoms with Crippen molar-refractivity contribution in [3.63, 3.8) is 0 Å². The number of thiophene rings is 1. The molecule has 0 saturated heterocycles. The maximum absolute atomic E-state index is 5.96. The summed E-state index contributed by atoms with van der Waals surface area (Å²) in [4.78, 5) is 7.82. The van der Waals surface area contributed by atoms with Crippen LogP contribution in [0.2, 0.25) is 14.0 Å². The van der Waals surface area contributed by atoms with E-state index in [1.807, 2.05) is 0 Å². The Morgan fingerprint density at radius 1 is 1.21 bits per heavy atom. The van der Waals surface area contributed by atoms with E-state index in [1.165, 1.54) is 11.3 Å². The third kappa shape index (κ3) is 2.01. The molecular weight excluding hydrogens is 263 g/mol. The molecule has 0 fully saturated rings. The first-order valence-electron chi connectivity index (χ1n) is 3.60. The van der Waals surface area contributed by atoms with Crippen molar-refractivity contribution in [1.82, 2.24) is 9.97 Å². The van der Waals surface area contributed by atoms with E-state index in [0.29, 0.717) is 14.4 Å². The first-order chi connectivity index (χ1) is 6.66. The summed E-state index contributed by atoms with van der Waals surface area (Å²) in [7, 11) is 0. The van der Waals surface area contributed by atoms with Crippen LogP contribution >= 0.6 is 46.1 Å². The maximum atomic E-state index is 5.96. The lowest BCUT2D eigenvalue weighted by Crippen LogP contribution is -1.84. The van der Waals surface area contributed by atoms with Crippen molar-refractivity contribution in [1.29, 1.82) is 0 Å². The van der Waals surface area contributed by atoms with E-state index >= 15 is 0 Å². The van der Waals surface area contributed by atoms with Crippen LogP contribution in [0.4, 0.5) is 0 Å². The molecular formula is C8H3Cl3N2S. The van der Waals surface area contributed by atoms with Gasteiger partial charge in [-0.05, 0) is 23.7 Å². The molecule has 72 valence electrons. The summed E-state index contributed by atoms with van der Waals surface area (Å²) >= 11 is 18.7. The Morgan fingerprint density at radius 3 is 2.57 bits per heavy atom. The maximum Gasteiger partial charge on any atom is 0.222 e. The van der Waals surface area contributed by atoms with Gasteiger partial charge in [0, 0.05) is 11.8 Å².